The van der Waals surface area contributed by atoms with Crippen LogP contribution in [0.25, 0.3) is 0 Å². The SMILES string of the molecule is O=C(COC1C2CC3C(=O)OC1C3C2)OCc1ccccc1. The third-order valence-electron chi connectivity index (χ3n) is 5.05. The van der Waals surface area contributed by atoms with Gasteiger partial charge in [-0.1, -0.05) is 30.3 Å². The number of rotatable bonds is 5. The van der Waals surface area contributed by atoms with E-state index < -0.39 is 0 Å². The molecule has 1 aliphatic heterocycles. The molecule has 1 aromatic rings. The largest absolute Gasteiger partial charge is 0.459 e. The maximum absolute atomic E-state index is 11.8. The van der Waals surface area contributed by atoms with Gasteiger partial charge in [-0.15, -0.1) is 0 Å². The number of carbonyl (C=O) groups excluding carboxylic acids is 2. The van der Waals surface area contributed by atoms with E-state index in [-0.39, 0.29) is 43.3 Å². The molecule has 5 unspecified atom stereocenters. The number of benzene rings is 1. The summed E-state index contributed by atoms with van der Waals surface area (Å²) in [7, 11) is 0. The molecule has 0 radical (unpaired) electrons. The maximum atomic E-state index is 11.8. The Bertz CT molecular complexity index is 584. The van der Waals surface area contributed by atoms with Gasteiger partial charge in [-0.3, -0.25) is 4.79 Å². The normalized spacial score (nSPS) is 34.7. The topological polar surface area (TPSA) is 61.8 Å². The van der Waals surface area contributed by atoms with E-state index in [4.69, 9.17) is 14.2 Å². The molecule has 1 aromatic carbocycles. The van der Waals surface area contributed by atoms with Crippen LogP contribution < -0.4 is 0 Å². The number of hydrogen-bond acceptors (Lipinski definition) is 5. The summed E-state index contributed by atoms with van der Waals surface area (Å²) in [6.45, 7) is 0.166. The minimum absolute atomic E-state index is 0.0693. The summed E-state index contributed by atoms with van der Waals surface area (Å²) in [5, 5.41) is 0. The highest BCUT2D eigenvalue weighted by molar-refractivity contribution is 5.76. The van der Waals surface area contributed by atoms with Gasteiger partial charge >= 0.3 is 11.9 Å². The fraction of sp³-hybridized carbons (Fsp3) is 0.529. The quantitative estimate of drug-likeness (QED) is 0.775. The van der Waals surface area contributed by atoms with Gasteiger partial charge in [0.15, 0.2) is 0 Å². The first-order valence-corrected chi connectivity index (χ1v) is 7.74. The Kier molecular flexibility index (Phi) is 3.37. The molecule has 5 nitrogen and oxygen atoms in total. The van der Waals surface area contributed by atoms with Crippen LogP contribution in [0.5, 0.6) is 0 Å². The van der Waals surface area contributed by atoms with Crippen LogP contribution >= 0.6 is 0 Å². The lowest BCUT2D eigenvalue weighted by Gasteiger charge is -2.25. The molecule has 2 bridgehead atoms. The van der Waals surface area contributed by atoms with E-state index in [0.717, 1.165) is 18.4 Å². The Balaban J connectivity index is 1.27. The zero-order valence-corrected chi connectivity index (χ0v) is 12.1. The minimum Gasteiger partial charge on any atom is -0.459 e. The molecule has 0 aromatic heterocycles. The van der Waals surface area contributed by atoms with Gasteiger partial charge in [0, 0.05) is 5.92 Å². The van der Waals surface area contributed by atoms with Gasteiger partial charge in [0.2, 0.25) is 0 Å². The fourth-order valence-electron chi connectivity index (χ4n) is 4.08. The minimum atomic E-state index is -0.382. The first-order chi connectivity index (χ1) is 10.7. The molecule has 2 aliphatic carbocycles. The molecule has 22 heavy (non-hydrogen) atoms. The van der Waals surface area contributed by atoms with E-state index in [1.807, 2.05) is 30.3 Å². The van der Waals surface area contributed by atoms with Crippen LogP contribution in [-0.2, 0) is 30.4 Å². The molecule has 0 amide bonds. The lowest BCUT2D eigenvalue weighted by molar-refractivity contribution is -0.158. The van der Waals surface area contributed by atoms with Crippen molar-refractivity contribution in [3.05, 3.63) is 35.9 Å². The molecule has 1 saturated heterocycles. The van der Waals surface area contributed by atoms with E-state index >= 15 is 0 Å². The van der Waals surface area contributed by atoms with E-state index in [1.165, 1.54) is 0 Å². The highest BCUT2D eigenvalue weighted by Gasteiger charge is 2.62. The van der Waals surface area contributed by atoms with Crippen molar-refractivity contribution in [2.45, 2.75) is 31.7 Å². The second kappa shape index (κ2) is 5.39. The molecular weight excluding hydrogens is 284 g/mol. The zero-order chi connectivity index (χ0) is 15.1. The van der Waals surface area contributed by atoms with Crippen LogP contribution in [0.3, 0.4) is 0 Å². The van der Waals surface area contributed by atoms with Gasteiger partial charge in [0.25, 0.3) is 0 Å². The molecule has 116 valence electrons. The Morgan fingerprint density at radius 2 is 2.05 bits per heavy atom. The van der Waals surface area contributed by atoms with Gasteiger partial charge in [-0.25, -0.2) is 4.79 Å². The molecule has 4 rings (SSSR count). The molecule has 5 heteroatoms. The van der Waals surface area contributed by atoms with Crippen molar-refractivity contribution in [1.29, 1.82) is 0 Å². The standard InChI is InChI=1S/C17H18O5/c18-14(20-8-10-4-2-1-3-5-10)9-21-15-11-6-12-13(7-11)17(19)22-16(12)15/h1-5,11-13,15-16H,6-9H2. The summed E-state index contributed by atoms with van der Waals surface area (Å²) in [5.74, 6) is 0.235. The van der Waals surface area contributed by atoms with Gasteiger partial charge in [-0.2, -0.15) is 0 Å². The first kappa shape index (κ1) is 13.8. The Labute approximate surface area is 128 Å². The lowest BCUT2D eigenvalue weighted by Crippen LogP contribution is -2.35. The van der Waals surface area contributed by atoms with Crippen LogP contribution in [0, 0.1) is 17.8 Å². The molecule has 0 spiro atoms. The monoisotopic (exact) mass is 302 g/mol. The molecule has 1 heterocycles. The summed E-state index contributed by atoms with van der Waals surface area (Å²) < 4.78 is 16.3. The fourth-order valence-corrected chi connectivity index (χ4v) is 4.08. The average Bonchev–Trinajstić information content (AvgIpc) is 3.15. The number of esters is 2. The number of ether oxygens (including phenoxy) is 3. The van der Waals surface area contributed by atoms with Crippen LogP contribution in [0.4, 0.5) is 0 Å². The first-order valence-electron chi connectivity index (χ1n) is 7.74. The predicted octanol–water partition coefficient (Wildman–Crippen LogP) is 1.70. The maximum Gasteiger partial charge on any atom is 0.332 e. The lowest BCUT2D eigenvalue weighted by atomic mass is 9.88. The van der Waals surface area contributed by atoms with E-state index in [2.05, 4.69) is 0 Å². The van der Waals surface area contributed by atoms with Gasteiger partial charge in [0.1, 0.15) is 19.3 Å². The summed E-state index contributed by atoms with van der Waals surface area (Å²) in [6, 6.07) is 9.53. The third-order valence-corrected chi connectivity index (χ3v) is 5.05. The van der Waals surface area contributed by atoms with Crippen LogP contribution in [0.1, 0.15) is 18.4 Å². The molecule has 5 atom stereocenters. The smallest absolute Gasteiger partial charge is 0.332 e. The average molecular weight is 302 g/mol. The summed E-state index contributed by atoms with van der Waals surface area (Å²) in [6.07, 6.45) is 1.52. The Hall–Kier alpha value is -1.88. The number of hydrogen-bond donors (Lipinski definition) is 0. The second-order valence-electron chi connectivity index (χ2n) is 6.33. The molecular formula is C17H18O5. The summed E-state index contributed by atoms with van der Waals surface area (Å²) >= 11 is 0. The van der Waals surface area contributed by atoms with Crippen molar-refractivity contribution < 1.29 is 23.8 Å². The van der Waals surface area contributed by atoms with Crippen molar-refractivity contribution in [2.24, 2.45) is 17.8 Å². The van der Waals surface area contributed by atoms with Gasteiger partial charge in [0.05, 0.1) is 12.0 Å². The highest BCUT2D eigenvalue weighted by atomic mass is 16.6. The molecule has 2 saturated carbocycles. The summed E-state index contributed by atoms with van der Waals surface area (Å²) in [5.41, 5.74) is 0.948. The molecule has 3 fully saturated rings. The number of fused-ring (bicyclic) bond motifs is 1. The van der Waals surface area contributed by atoms with Crippen molar-refractivity contribution >= 4 is 11.9 Å². The van der Waals surface area contributed by atoms with Crippen molar-refractivity contribution in [3.8, 4) is 0 Å². The Morgan fingerprint density at radius 3 is 2.86 bits per heavy atom. The van der Waals surface area contributed by atoms with Gasteiger partial charge < -0.3 is 14.2 Å². The highest BCUT2D eigenvalue weighted by Crippen LogP contribution is 2.55. The van der Waals surface area contributed by atoms with E-state index in [0.29, 0.717) is 11.8 Å². The van der Waals surface area contributed by atoms with Crippen molar-refractivity contribution in [1.82, 2.24) is 0 Å². The molecule has 3 aliphatic rings. The zero-order valence-electron chi connectivity index (χ0n) is 12.1. The Morgan fingerprint density at radius 1 is 1.23 bits per heavy atom. The molecule has 0 N–H and O–H groups in total. The van der Waals surface area contributed by atoms with Crippen LogP contribution in [0.2, 0.25) is 0 Å². The van der Waals surface area contributed by atoms with Crippen molar-refractivity contribution in [2.75, 3.05) is 6.61 Å². The number of carbonyl (C=O) groups is 2. The second-order valence-corrected chi connectivity index (χ2v) is 6.33. The van der Waals surface area contributed by atoms with E-state index in [9.17, 15) is 9.59 Å². The predicted molar refractivity (Wildman–Crippen MR) is 75.6 cm³/mol. The van der Waals surface area contributed by atoms with Crippen molar-refractivity contribution in [3.63, 3.8) is 0 Å². The van der Waals surface area contributed by atoms with Crippen LogP contribution in [0.15, 0.2) is 30.3 Å². The third kappa shape index (κ3) is 2.29. The summed E-state index contributed by atoms with van der Waals surface area (Å²) in [4.78, 5) is 23.5. The van der Waals surface area contributed by atoms with Gasteiger partial charge in [-0.05, 0) is 24.3 Å². The van der Waals surface area contributed by atoms with Crippen LogP contribution in [-0.4, -0.2) is 30.8 Å². The van der Waals surface area contributed by atoms with E-state index in [1.54, 1.807) is 0 Å².